The predicted molar refractivity (Wildman–Crippen MR) is 105 cm³/mol. The molecule has 0 radical (unpaired) electrons. The van der Waals surface area contributed by atoms with Crippen LogP contribution in [0.2, 0.25) is 0 Å². The molecule has 1 atom stereocenters. The fourth-order valence-corrected chi connectivity index (χ4v) is 3.70. The van der Waals surface area contributed by atoms with E-state index in [0.717, 1.165) is 51.1 Å². The number of carbonyl (C=O) groups excluding carboxylic acids is 1. The van der Waals surface area contributed by atoms with Crippen LogP contribution in [0.4, 0.5) is 0 Å². The first-order valence-electron chi connectivity index (χ1n) is 9.82. The summed E-state index contributed by atoms with van der Waals surface area (Å²) in [7, 11) is 0. The molecule has 1 unspecified atom stereocenters. The Kier molecular flexibility index (Phi) is 5.64. The maximum absolute atomic E-state index is 12.3. The van der Waals surface area contributed by atoms with Gasteiger partial charge in [0, 0.05) is 32.1 Å². The molecule has 1 fully saturated rings. The molecule has 0 N–H and O–H groups in total. The van der Waals surface area contributed by atoms with E-state index in [-0.39, 0.29) is 5.78 Å². The number of ketones is 1. The second-order valence-electron chi connectivity index (χ2n) is 7.40. The lowest BCUT2D eigenvalue weighted by molar-refractivity contribution is 0.0962. The Hall–Kier alpha value is -2.46. The van der Waals surface area contributed by atoms with Crippen LogP contribution in [-0.4, -0.2) is 24.2 Å². The summed E-state index contributed by atoms with van der Waals surface area (Å²) in [6, 6.07) is 16.8. The van der Waals surface area contributed by atoms with E-state index in [1.165, 1.54) is 16.3 Å². The molecule has 0 bridgehead atoms. The van der Waals surface area contributed by atoms with Gasteiger partial charge in [0.2, 0.25) is 0 Å². The topological polar surface area (TPSA) is 52.3 Å². The van der Waals surface area contributed by atoms with Crippen molar-refractivity contribution in [2.45, 2.75) is 38.5 Å². The van der Waals surface area contributed by atoms with Gasteiger partial charge in [0.25, 0.3) is 0 Å². The SMILES string of the molecule is O=C(CCC1CCOC1)c1cc(CCCc2ccc3ccccc3c2)on1. The minimum absolute atomic E-state index is 0.0754. The molecule has 4 nitrogen and oxygen atoms in total. The van der Waals surface area contributed by atoms with Gasteiger partial charge in [-0.25, -0.2) is 0 Å². The van der Waals surface area contributed by atoms with Gasteiger partial charge in [-0.05, 0) is 47.9 Å². The second-order valence-corrected chi connectivity index (χ2v) is 7.40. The first-order valence-corrected chi connectivity index (χ1v) is 9.82. The molecular formula is C23H25NO3. The molecule has 1 aromatic heterocycles. The molecule has 2 aromatic carbocycles. The lowest BCUT2D eigenvalue weighted by Gasteiger charge is -2.04. The van der Waals surface area contributed by atoms with Crippen molar-refractivity contribution >= 4 is 16.6 Å². The summed E-state index contributed by atoms with van der Waals surface area (Å²) in [5, 5.41) is 6.51. The van der Waals surface area contributed by atoms with Gasteiger partial charge in [-0.15, -0.1) is 0 Å². The third-order valence-electron chi connectivity index (χ3n) is 5.35. The van der Waals surface area contributed by atoms with E-state index in [1.54, 1.807) is 0 Å². The number of rotatable bonds is 8. The van der Waals surface area contributed by atoms with Gasteiger partial charge in [-0.2, -0.15) is 0 Å². The van der Waals surface area contributed by atoms with Gasteiger partial charge in [-0.3, -0.25) is 4.79 Å². The second kappa shape index (κ2) is 8.49. The number of ether oxygens (including phenoxy) is 1. The molecular weight excluding hydrogens is 338 g/mol. The summed E-state index contributed by atoms with van der Waals surface area (Å²) < 4.78 is 10.7. The van der Waals surface area contributed by atoms with Gasteiger partial charge in [0.15, 0.2) is 5.78 Å². The van der Waals surface area contributed by atoms with E-state index >= 15 is 0 Å². The molecule has 140 valence electrons. The zero-order valence-electron chi connectivity index (χ0n) is 15.5. The van der Waals surface area contributed by atoms with E-state index in [9.17, 15) is 4.79 Å². The molecule has 2 heterocycles. The molecule has 0 amide bonds. The van der Waals surface area contributed by atoms with Crippen molar-refractivity contribution in [3.05, 3.63) is 65.5 Å². The number of carbonyl (C=O) groups is 1. The van der Waals surface area contributed by atoms with Crippen molar-refractivity contribution in [1.29, 1.82) is 0 Å². The Morgan fingerprint density at radius 2 is 1.96 bits per heavy atom. The Morgan fingerprint density at radius 1 is 1.07 bits per heavy atom. The molecule has 4 heteroatoms. The number of Topliss-reactive ketones (excluding diaryl/α,β-unsaturated/α-hetero) is 1. The highest BCUT2D eigenvalue weighted by Gasteiger charge is 2.19. The van der Waals surface area contributed by atoms with Crippen molar-refractivity contribution in [3.8, 4) is 0 Å². The monoisotopic (exact) mass is 363 g/mol. The molecule has 1 aliphatic rings. The largest absolute Gasteiger partial charge is 0.381 e. The van der Waals surface area contributed by atoms with Crippen LogP contribution in [0.1, 0.15) is 47.5 Å². The smallest absolute Gasteiger partial charge is 0.184 e. The first-order chi connectivity index (χ1) is 13.3. The quantitative estimate of drug-likeness (QED) is 0.528. The van der Waals surface area contributed by atoms with Gasteiger partial charge in [-0.1, -0.05) is 47.6 Å². The minimum atomic E-state index is 0.0754. The lowest BCUT2D eigenvalue weighted by Crippen LogP contribution is -2.05. The van der Waals surface area contributed by atoms with E-state index in [1.807, 2.05) is 6.07 Å². The van der Waals surface area contributed by atoms with Crippen LogP contribution < -0.4 is 0 Å². The third-order valence-corrected chi connectivity index (χ3v) is 5.35. The molecule has 0 aliphatic carbocycles. The van der Waals surface area contributed by atoms with E-state index in [0.29, 0.717) is 18.0 Å². The van der Waals surface area contributed by atoms with Crippen LogP contribution in [-0.2, 0) is 17.6 Å². The molecule has 1 aliphatic heterocycles. The molecule has 4 rings (SSSR count). The number of hydrogen-bond donors (Lipinski definition) is 0. The highest BCUT2D eigenvalue weighted by atomic mass is 16.5. The van der Waals surface area contributed by atoms with Crippen LogP contribution in [0.25, 0.3) is 10.8 Å². The Bertz CT molecular complexity index is 909. The van der Waals surface area contributed by atoms with Crippen molar-refractivity contribution in [2.75, 3.05) is 13.2 Å². The minimum Gasteiger partial charge on any atom is -0.381 e. The van der Waals surface area contributed by atoms with Gasteiger partial charge in [0.05, 0.1) is 0 Å². The van der Waals surface area contributed by atoms with E-state index < -0.39 is 0 Å². The van der Waals surface area contributed by atoms with Gasteiger partial charge in [0.1, 0.15) is 11.5 Å². The number of aromatic nitrogens is 1. The summed E-state index contributed by atoms with van der Waals surface area (Å²) >= 11 is 0. The van der Waals surface area contributed by atoms with Crippen molar-refractivity contribution < 1.29 is 14.1 Å². The Morgan fingerprint density at radius 3 is 2.81 bits per heavy atom. The van der Waals surface area contributed by atoms with E-state index in [4.69, 9.17) is 9.26 Å². The molecule has 0 spiro atoms. The fourth-order valence-electron chi connectivity index (χ4n) is 3.70. The molecule has 3 aromatic rings. The van der Waals surface area contributed by atoms with Crippen LogP contribution in [0, 0.1) is 5.92 Å². The van der Waals surface area contributed by atoms with Crippen LogP contribution in [0.3, 0.4) is 0 Å². The van der Waals surface area contributed by atoms with Crippen LogP contribution in [0.15, 0.2) is 53.1 Å². The summed E-state index contributed by atoms with van der Waals surface area (Å²) in [6.45, 7) is 1.61. The predicted octanol–water partition coefficient (Wildman–Crippen LogP) is 5.00. The summed E-state index contributed by atoms with van der Waals surface area (Å²) in [6.07, 6.45) is 5.22. The van der Waals surface area contributed by atoms with E-state index in [2.05, 4.69) is 47.6 Å². The highest BCUT2D eigenvalue weighted by Crippen LogP contribution is 2.20. The number of fused-ring (bicyclic) bond motifs is 1. The number of hydrogen-bond acceptors (Lipinski definition) is 4. The molecule has 0 saturated carbocycles. The third kappa shape index (κ3) is 4.64. The number of benzene rings is 2. The zero-order chi connectivity index (χ0) is 18.5. The lowest BCUT2D eigenvalue weighted by atomic mass is 10.00. The normalized spacial score (nSPS) is 16.8. The Balaban J connectivity index is 1.26. The van der Waals surface area contributed by atoms with Gasteiger partial charge < -0.3 is 9.26 Å². The highest BCUT2D eigenvalue weighted by molar-refractivity contribution is 5.94. The standard InChI is InChI=1S/C23H25NO3/c25-23(11-9-18-12-13-26-16-18)22-15-21(27-24-22)7-3-4-17-8-10-19-5-1-2-6-20(19)14-17/h1-2,5-6,8,10,14-15,18H,3-4,7,9,11-13,16H2. The number of nitrogens with zero attached hydrogens (tertiary/aromatic N) is 1. The zero-order valence-corrected chi connectivity index (χ0v) is 15.5. The average molecular weight is 363 g/mol. The summed E-state index contributed by atoms with van der Waals surface area (Å²) in [5.74, 6) is 1.39. The molecule has 27 heavy (non-hydrogen) atoms. The van der Waals surface area contributed by atoms with Crippen LogP contribution >= 0.6 is 0 Å². The maximum Gasteiger partial charge on any atom is 0.184 e. The van der Waals surface area contributed by atoms with Crippen molar-refractivity contribution in [2.24, 2.45) is 5.92 Å². The molecule has 1 saturated heterocycles. The van der Waals surface area contributed by atoms with Crippen molar-refractivity contribution in [3.63, 3.8) is 0 Å². The van der Waals surface area contributed by atoms with Gasteiger partial charge >= 0.3 is 0 Å². The Labute approximate surface area is 159 Å². The summed E-state index contributed by atoms with van der Waals surface area (Å²) in [5.41, 5.74) is 1.79. The first kappa shape index (κ1) is 17.9. The van der Waals surface area contributed by atoms with Crippen LogP contribution in [0.5, 0.6) is 0 Å². The fraction of sp³-hybridized carbons (Fsp3) is 0.391. The van der Waals surface area contributed by atoms with Crippen molar-refractivity contribution in [1.82, 2.24) is 5.16 Å². The maximum atomic E-state index is 12.3. The number of aryl methyl sites for hydroxylation is 2. The average Bonchev–Trinajstić information content (AvgIpc) is 3.38. The summed E-state index contributed by atoms with van der Waals surface area (Å²) in [4.78, 5) is 12.3.